The Kier molecular flexibility index (Phi) is 6.17. The summed E-state index contributed by atoms with van der Waals surface area (Å²) in [6.07, 6.45) is 3.06. The van der Waals surface area contributed by atoms with E-state index in [1.165, 1.54) is 43.5 Å². The van der Waals surface area contributed by atoms with Crippen molar-refractivity contribution < 1.29 is 23.0 Å². The molecule has 0 aromatic heterocycles. The number of rotatable bonds is 7. The lowest BCUT2D eigenvalue weighted by Gasteiger charge is -2.11. The van der Waals surface area contributed by atoms with Crippen molar-refractivity contribution in [3.05, 3.63) is 101 Å². The van der Waals surface area contributed by atoms with E-state index in [-0.39, 0.29) is 18.1 Å². The molecule has 5 heteroatoms. The van der Waals surface area contributed by atoms with E-state index in [1.54, 1.807) is 42.5 Å². The van der Waals surface area contributed by atoms with Crippen LogP contribution in [0.4, 0.5) is 8.78 Å². The predicted molar refractivity (Wildman–Crippen MR) is 103 cm³/mol. The van der Waals surface area contributed by atoms with Gasteiger partial charge in [-0.1, -0.05) is 24.3 Å². The average molecular weight is 380 g/mol. The fraction of sp³-hybridized carbons (Fsp3) is 0.0870. The average Bonchev–Trinajstić information content (AvgIpc) is 2.72. The zero-order chi connectivity index (χ0) is 19.9. The van der Waals surface area contributed by atoms with Gasteiger partial charge in [-0.05, 0) is 60.2 Å². The third-order valence-electron chi connectivity index (χ3n) is 4.08. The van der Waals surface area contributed by atoms with Crippen LogP contribution < -0.4 is 9.47 Å². The fourth-order valence-corrected chi connectivity index (χ4v) is 2.61. The number of halogens is 2. The molecule has 0 saturated carbocycles. The zero-order valence-corrected chi connectivity index (χ0v) is 15.2. The van der Waals surface area contributed by atoms with Gasteiger partial charge in [0.25, 0.3) is 0 Å². The Balaban J connectivity index is 1.75. The summed E-state index contributed by atoms with van der Waals surface area (Å²) >= 11 is 0. The molecule has 0 atom stereocenters. The summed E-state index contributed by atoms with van der Waals surface area (Å²) in [5.41, 5.74) is 1.86. The van der Waals surface area contributed by atoms with Crippen LogP contribution in [0.1, 0.15) is 21.5 Å². The number of benzene rings is 3. The number of ether oxygens (including phenoxy) is 2. The van der Waals surface area contributed by atoms with Gasteiger partial charge in [-0.3, -0.25) is 4.79 Å². The highest BCUT2D eigenvalue weighted by atomic mass is 19.1. The van der Waals surface area contributed by atoms with Gasteiger partial charge in [0.05, 0.1) is 7.11 Å². The highest BCUT2D eigenvalue weighted by molar-refractivity contribution is 6.06. The van der Waals surface area contributed by atoms with Crippen LogP contribution in [-0.4, -0.2) is 12.9 Å². The van der Waals surface area contributed by atoms with Gasteiger partial charge in [-0.2, -0.15) is 0 Å². The molecule has 0 aliphatic heterocycles. The molecule has 3 aromatic rings. The van der Waals surface area contributed by atoms with Gasteiger partial charge in [0.15, 0.2) is 17.3 Å². The Morgan fingerprint density at radius 1 is 0.964 bits per heavy atom. The van der Waals surface area contributed by atoms with Gasteiger partial charge in [0.2, 0.25) is 0 Å². The maximum atomic E-state index is 13.7. The van der Waals surface area contributed by atoms with E-state index in [0.29, 0.717) is 16.9 Å². The number of carbonyl (C=O) groups excluding carboxylic acids is 1. The first-order valence-corrected chi connectivity index (χ1v) is 8.59. The van der Waals surface area contributed by atoms with Crippen molar-refractivity contribution in [2.24, 2.45) is 0 Å². The third-order valence-corrected chi connectivity index (χ3v) is 4.08. The van der Waals surface area contributed by atoms with Crippen LogP contribution in [0.25, 0.3) is 6.08 Å². The second kappa shape index (κ2) is 8.95. The minimum absolute atomic E-state index is 0.109. The molecule has 0 aliphatic rings. The molecule has 0 saturated heterocycles. The molecule has 28 heavy (non-hydrogen) atoms. The van der Waals surface area contributed by atoms with E-state index in [1.807, 2.05) is 0 Å². The molecule has 142 valence electrons. The highest BCUT2D eigenvalue weighted by Gasteiger charge is 2.08. The van der Waals surface area contributed by atoms with Crippen LogP contribution in [0.2, 0.25) is 0 Å². The van der Waals surface area contributed by atoms with Crippen LogP contribution in [0.5, 0.6) is 11.5 Å². The second-order valence-electron chi connectivity index (χ2n) is 5.99. The summed E-state index contributed by atoms with van der Waals surface area (Å²) in [6.45, 7) is 0.109. The van der Waals surface area contributed by atoms with Crippen LogP contribution >= 0.6 is 0 Å². The number of methoxy groups -OCH3 is 1. The number of para-hydroxylation sites is 1. The summed E-state index contributed by atoms with van der Waals surface area (Å²) < 4.78 is 37.6. The topological polar surface area (TPSA) is 35.5 Å². The molecule has 0 fully saturated rings. The van der Waals surface area contributed by atoms with E-state index < -0.39 is 11.6 Å². The van der Waals surface area contributed by atoms with Crippen molar-refractivity contribution in [3.63, 3.8) is 0 Å². The maximum absolute atomic E-state index is 13.7. The maximum Gasteiger partial charge on any atom is 0.185 e. The second-order valence-corrected chi connectivity index (χ2v) is 5.99. The van der Waals surface area contributed by atoms with E-state index in [0.717, 1.165) is 5.56 Å². The van der Waals surface area contributed by atoms with Crippen molar-refractivity contribution in [1.82, 2.24) is 0 Å². The van der Waals surface area contributed by atoms with E-state index in [9.17, 15) is 13.6 Å². The van der Waals surface area contributed by atoms with Gasteiger partial charge >= 0.3 is 0 Å². The zero-order valence-electron chi connectivity index (χ0n) is 15.2. The predicted octanol–water partition coefficient (Wildman–Crippen LogP) is 5.45. The standard InChI is InChI=1S/C23H18F2O3/c1-27-22-13-7-16(6-12-21(26)17-8-10-19(24)11-9-17)14-18(22)15-28-23-5-3-2-4-20(23)25/h2-14H,15H2,1H3/b12-6+. The first-order chi connectivity index (χ1) is 13.6. The summed E-state index contributed by atoms with van der Waals surface area (Å²) in [5, 5.41) is 0. The number of carbonyl (C=O) groups is 1. The molecular weight excluding hydrogens is 362 g/mol. The van der Waals surface area contributed by atoms with E-state index in [2.05, 4.69) is 0 Å². The van der Waals surface area contributed by atoms with Gasteiger partial charge in [-0.25, -0.2) is 8.78 Å². The highest BCUT2D eigenvalue weighted by Crippen LogP contribution is 2.24. The number of hydrogen-bond acceptors (Lipinski definition) is 3. The quantitative estimate of drug-likeness (QED) is 0.404. The van der Waals surface area contributed by atoms with Crippen molar-refractivity contribution in [3.8, 4) is 11.5 Å². The Morgan fingerprint density at radius 2 is 1.71 bits per heavy atom. The normalized spacial score (nSPS) is 10.8. The molecule has 0 radical (unpaired) electrons. The Hall–Kier alpha value is -3.47. The number of hydrogen-bond donors (Lipinski definition) is 0. The minimum atomic E-state index is -0.442. The number of allylic oxidation sites excluding steroid dienone is 1. The van der Waals surface area contributed by atoms with Gasteiger partial charge in [0, 0.05) is 11.1 Å². The molecule has 0 bridgehead atoms. The molecule has 3 rings (SSSR count). The van der Waals surface area contributed by atoms with Crippen molar-refractivity contribution in [1.29, 1.82) is 0 Å². The first kappa shape index (κ1) is 19.3. The molecule has 0 aliphatic carbocycles. The lowest BCUT2D eigenvalue weighted by Crippen LogP contribution is -2.00. The lowest BCUT2D eigenvalue weighted by molar-refractivity contribution is 0.104. The largest absolute Gasteiger partial charge is 0.496 e. The Labute approximate surface area is 161 Å². The SMILES string of the molecule is COc1ccc(/C=C/C(=O)c2ccc(F)cc2)cc1COc1ccccc1F. The summed E-state index contributed by atoms with van der Waals surface area (Å²) in [5.74, 6) is -0.326. The molecule has 0 unspecified atom stereocenters. The minimum Gasteiger partial charge on any atom is -0.496 e. The van der Waals surface area contributed by atoms with Gasteiger partial charge in [-0.15, -0.1) is 0 Å². The molecule has 3 nitrogen and oxygen atoms in total. The van der Waals surface area contributed by atoms with Crippen LogP contribution in [0, 0.1) is 11.6 Å². The van der Waals surface area contributed by atoms with Crippen molar-refractivity contribution in [2.45, 2.75) is 6.61 Å². The molecule has 0 N–H and O–H groups in total. The Morgan fingerprint density at radius 3 is 2.43 bits per heavy atom. The molecule has 0 heterocycles. The monoisotopic (exact) mass is 380 g/mol. The summed E-state index contributed by atoms with van der Waals surface area (Å²) in [6, 6.07) is 16.9. The molecular formula is C23H18F2O3. The summed E-state index contributed by atoms with van der Waals surface area (Å²) in [7, 11) is 1.54. The van der Waals surface area contributed by atoms with Gasteiger partial charge < -0.3 is 9.47 Å². The van der Waals surface area contributed by atoms with Crippen LogP contribution in [0.15, 0.2) is 72.8 Å². The van der Waals surface area contributed by atoms with E-state index >= 15 is 0 Å². The summed E-state index contributed by atoms with van der Waals surface area (Å²) in [4.78, 5) is 12.2. The fourth-order valence-electron chi connectivity index (χ4n) is 2.61. The molecule has 0 amide bonds. The van der Waals surface area contributed by atoms with Crippen molar-refractivity contribution >= 4 is 11.9 Å². The molecule has 0 spiro atoms. The van der Waals surface area contributed by atoms with Crippen molar-refractivity contribution in [2.75, 3.05) is 7.11 Å². The lowest BCUT2D eigenvalue weighted by atomic mass is 10.1. The van der Waals surface area contributed by atoms with Crippen LogP contribution in [0.3, 0.4) is 0 Å². The third kappa shape index (κ3) is 4.82. The molecule has 3 aromatic carbocycles. The smallest absolute Gasteiger partial charge is 0.185 e. The number of ketones is 1. The van der Waals surface area contributed by atoms with Gasteiger partial charge in [0.1, 0.15) is 18.2 Å². The first-order valence-electron chi connectivity index (χ1n) is 8.59. The van der Waals surface area contributed by atoms with Crippen LogP contribution in [-0.2, 0) is 6.61 Å². The van der Waals surface area contributed by atoms with E-state index in [4.69, 9.17) is 9.47 Å². The Bertz CT molecular complexity index is 995.